The van der Waals surface area contributed by atoms with Gasteiger partial charge in [0, 0.05) is 37.9 Å². The third kappa shape index (κ3) is 6.32. The average Bonchev–Trinajstić information content (AvgIpc) is 3.27. The molecule has 1 aliphatic rings. The normalized spacial score (nSPS) is 13.1. The fourth-order valence-corrected chi connectivity index (χ4v) is 3.28. The Labute approximate surface area is 182 Å². The molecule has 2 aromatic rings. The van der Waals surface area contributed by atoms with Gasteiger partial charge in [-0.3, -0.25) is 9.59 Å². The van der Waals surface area contributed by atoms with E-state index in [4.69, 9.17) is 16.3 Å². The quantitative estimate of drug-likeness (QED) is 0.568. The summed E-state index contributed by atoms with van der Waals surface area (Å²) >= 11 is 5.84. The number of hydrogen-bond acceptors (Lipinski definition) is 4. The molecule has 3 rings (SSSR count). The molecule has 0 aliphatic carbocycles. The average molecular weight is 428 g/mol. The van der Waals surface area contributed by atoms with Crippen molar-refractivity contribution in [3.63, 3.8) is 0 Å². The molecule has 2 aromatic carbocycles. The Morgan fingerprint density at radius 2 is 1.83 bits per heavy atom. The highest BCUT2D eigenvalue weighted by Crippen LogP contribution is 2.16. The molecule has 0 spiro atoms. The van der Waals surface area contributed by atoms with E-state index in [1.807, 2.05) is 42.5 Å². The predicted octanol–water partition coefficient (Wildman–Crippen LogP) is 3.98. The molecule has 0 atom stereocenters. The largest absolute Gasteiger partial charge is 0.494 e. The SMILES string of the molecule is CN(CCCOc1ccc(Cl)cc1)C(=O)CCC(=O)N1CCC(c2ccccc2)=N1. The molecule has 0 unspecified atom stereocenters. The molecule has 0 bridgehead atoms. The minimum atomic E-state index is -0.117. The fourth-order valence-electron chi connectivity index (χ4n) is 3.15. The number of benzene rings is 2. The van der Waals surface area contributed by atoms with Crippen molar-refractivity contribution >= 4 is 29.1 Å². The van der Waals surface area contributed by atoms with Gasteiger partial charge in [-0.1, -0.05) is 41.9 Å². The van der Waals surface area contributed by atoms with E-state index >= 15 is 0 Å². The first kappa shape index (κ1) is 21.8. The van der Waals surface area contributed by atoms with Crippen LogP contribution in [-0.4, -0.2) is 54.2 Å². The van der Waals surface area contributed by atoms with Crippen LogP contribution in [0.4, 0.5) is 0 Å². The molecular weight excluding hydrogens is 402 g/mol. The Morgan fingerprint density at radius 1 is 1.10 bits per heavy atom. The van der Waals surface area contributed by atoms with E-state index in [1.165, 1.54) is 5.01 Å². The van der Waals surface area contributed by atoms with E-state index in [0.717, 1.165) is 23.4 Å². The molecule has 0 N–H and O–H groups in total. The minimum Gasteiger partial charge on any atom is -0.494 e. The van der Waals surface area contributed by atoms with Crippen LogP contribution in [0.5, 0.6) is 5.75 Å². The van der Waals surface area contributed by atoms with Crippen LogP contribution in [0.3, 0.4) is 0 Å². The van der Waals surface area contributed by atoms with Crippen molar-refractivity contribution in [2.45, 2.75) is 25.7 Å². The lowest BCUT2D eigenvalue weighted by atomic mass is 10.1. The Morgan fingerprint density at radius 3 is 2.57 bits per heavy atom. The lowest BCUT2D eigenvalue weighted by Gasteiger charge is -2.18. The lowest BCUT2D eigenvalue weighted by molar-refractivity contribution is -0.136. The number of hydrazone groups is 1. The maximum Gasteiger partial charge on any atom is 0.243 e. The second-order valence-electron chi connectivity index (χ2n) is 7.15. The zero-order valence-electron chi connectivity index (χ0n) is 17.1. The molecule has 2 amide bonds. The first-order valence-electron chi connectivity index (χ1n) is 10.1. The van der Waals surface area contributed by atoms with Crippen LogP contribution in [0.1, 0.15) is 31.2 Å². The smallest absolute Gasteiger partial charge is 0.243 e. The van der Waals surface area contributed by atoms with Gasteiger partial charge in [0.1, 0.15) is 5.75 Å². The van der Waals surface area contributed by atoms with Gasteiger partial charge in [0.15, 0.2) is 0 Å². The summed E-state index contributed by atoms with van der Waals surface area (Å²) in [5.41, 5.74) is 1.94. The minimum absolute atomic E-state index is 0.0543. The summed E-state index contributed by atoms with van der Waals surface area (Å²) in [5, 5.41) is 6.57. The van der Waals surface area contributed by atoms with Gasteiger partial charge in [-0.05, 0) is 36.2 Å². The maximum atomic E-state index is 12.4. The van der Waals surface area contributed by atoms with E-state index in [1.54, 1.807) is 24.1 Å². The molecule has 0 fully saturated rings. The van der Waals surface area contributed by atoms with Gasteiger partial charge < -0.3 is 9.64 Å². The molecule has 0 saturated heterocycles. The van der Waals surface area contributed by atoms with E-state index in [9.17, 15) is 9.59 Å². The lowest BCUT2D eigenvalue weighted by Crippen LogP contribution is -2.30. The molecule has 7 heteroatoms. The van der Waals surface area contributed by atoms with E-state index < -0.39 is 0 Å². The van der Waals surface area contributed by atoms with Crippen LogP contribution in [0.15, 0.2) is 59.7 Å². The highest BCUT2D eigenvalue weighted by atomic mass is 35.5. The second-order valence-corrected chi connectivity index (χ2v) is 7.59. The van der Waals surface area contributed by atoms with Crippen LogP contribution in [0.25, 0.3) is 0 Å². The number of rotatable bonds is 9. The number of halogens is 1. The number of amides is 2. The number of carbonyl (C=O) groups excluding carboxylic acids is 2. The molecule has 158 valence electrons. The summed E-state index contributed by atoms with van der Waals surface area (Å²) in [5.74, 6) is 0.579. The van der Waals surface area contributed by atoms with Gasteiger partial charge >= 0.3 is 0 Å². The van der Waals surface area contributed by atoms with E-state index in [0.29, 0.717) is 31.1 Å². The summed E-state index contributed by atoms with van der Waals surface area (Å²) in [7, 11) is 1.75. The van der Waals surface area contributed by atoms with Crippen LogP contribution < -0.4 is 4.74 Å². The molecular formula is C23H26ClN3O3. The summed E-state index contributed by atoms with van der Waals surface area (Å²) in [6, 6.07) is 17.0. The standard InChI is InChI=1S/C23H26ClN3O3/c1-26(15-5-17-30-20-10-8-19(24)9-11-20)22(28)12-13-23(29)27-16-14-21(25-27)18-6-3-2-4-7-18/h2-4,6-11H,5,12-17H2,1H3. The number of ether oxygens (including phenoxy) is 1. The zero-order chi connectivity index (χ0) is 21.3. The van der Waals surface area contributed by atoms with Crippen molar-refractivity contribution in [3.05, 3.63) is 65.2 Å². The van der Waals surface area contributed by atoms with Crippen LogP contribution in [-0.2, 0) is 9.59 Å². The molecule has 1 heterocycles. The topological polar surface area (TPSA) is 62.2 Å². The molecule has 0 radical (unpaired) electrons. The monoisotopic (exact) mass is 427 g/mol. The third-order valence-electron chi connectivity index (χ3n) is 4.90. The summed E-state index contributed by atoms with van der Waals surface area (Å²) in [4.78, 5) is 26.4. The van der Waals surface area contributed by atoms with Crippen molar-refractivity contribution in [2.75, 3.05) is 26.7 Å². The van der Waals surface area contributed by atoms with Gasteiger partial charge in [-0.2, -0.15) is 5.10 Å². The van der Waals surface area contributed by atoms with Crippen molar-refractivity contribution in [3.8, 4) is 5.75 Å². The molecule has 30 heavy (non-hydrogen) atoms. The van der Waals surface area contributed by atoms with Gasteiger partial charge in [-0.15, -0.1) is 0 Å². The van der Waals surface area contributed by atoms with Gasteiger partial charge in [0.05, 0.1) is 18.9 Å². The molecule has 6 nitrogen and oxygen atoms in total. The van der Waals surface area contributed by atoms with E-state index in [2.05, 4.69) is 5.10 Å². The van der Waals surface area contributed by atoms with Crippen LogP contribution in [0, 0.1) is 0 Å². The summed E-state index contributed by atoms with van der Waals surface area (Å²) < 4.78 is 5.63. The zero-order valence-corrected chi connectivity index (χ0v) is 17.8. The van der Waals surface area contributed by atoms with Gasteiger partial charge in [0.2, 0.25) is 11.8 Å². The number of nitrogens with zero attached hydrogens (tertiary/aromatic N) is 3. The Hall–Kier alpha value is -2.86. The predicted molar refractivity (Wildman–Crippen MR) is 118 cm³/mol. The second kappa shape index (κ2) is 10.8. The Bertz CT molecular complexity index is 884. The fraction of sp³-hybridized carbons (Fsp3) is 0.348. The van der Waals surface area contributed by atoms with Crippen molar-refractivity contribution in [2.24, 2.45) is 5.10 Å². The van der Waals surface area contributed by atoms with Gasteiger partial charge in [0.25, 0.3) is 0 Å². The summed E-state index contributed by atoms with van der Waals surface area (Å²) in [6.07, 6.45) is 1.78. The van der Waals surface area contributed by atoms with Crippen molar-refractivity contribution in [1.29, 1.82) is 0 Å². The van der Waals surface area contributed by atoms with Gasteiger partial charge in [-0.25, -0.2) is 5.01 Å². The number of carbonyl (C=O) groups is 2. The number of hydrogen-bond donors (Lipinski definition) is 0. The Kier molecular flexibility index (Phi) is 7.85. The van der Waals surface area contributed by atoms with Crippen molar-refractivity contribution < 1.29 is 14.3 Å². The molecule has 0 saturated carbocycles. The highest BCUT2D eigenvalue weighted by Gasteiger charge is 2.22. The van der Waals surface area contributed by atoms with Crippen LogP contribution in [0.2, 0.25) is 5.02 Å². The highest BCUT2D eigenvalue weighted by molar-refractivity contribution is 6.30. The Balaban J connectivity index is 1.35. The van der Waals surface area contributed by atoms with Crippen LogP contribution >= 0.6 is 11.6 Å². The maximum absolute atomic E-state index is 12.4. The summed E-state index contributed by atoms with van der Waals surface area (Å²) in [6.45, 7) is 1.64. The first-order chi connectivity index (χ1) is 14.5. The van der Waals surface area contributed by atoms with Crippen molar-refractivity contribution in [1.82, 2.24) is 9.91 Å². The molecule has 0 aromatic heterocycles. The molecule has 1 aliphatic heterocycles. The first-order valence-corrected chi connectivity index (χ1v) is 10.5. The third-order valence-corrected chi connectivity index (χ3v) is 5.15. The van der Waals surface area contributed by atoms with E-state index in [-0.39, 0.29) is 24.7 Å².